The Morgan fingerprint density at radius 3 is 2.31 bits per heavy atom. The number of hydrogen-bond acceptors (Lipinski definition) is 5. The molecule has 0 aliphatic rings. The summed E-state index contributed by atoms with van der Waals surface area (Å²) in [7, 11) is 3.51. The Morgan fingerprint density at radius 1 is 1.16 bits per heavy atom. The van der Waals surface area contributed by atoms with Crippen molar-refractivity contribution in [3.63, 3.8) is 0 Å². The average Bonchev–Trinajstić information content (AvgIpc) is 3.01. The first-order chi connectivity index (χ1) is 14.6. The molecule has 1 aromatic carbocycles. The normalized spacial score (nSPS) is 11.5. The molecule has 0 fully saturated rings. The van der Waals surface area contributed by atoms with Gasteiger partial charge >= 0.3 is 6.09 Å². The average molecular weight is 574 g/mol. The van der Waals surface area contributed by atoms with Gasteiger partial charge in [-0.1, -0.05) is 24.3 Å². The number of carbonyl (C=O) groups excluding carboxylic acids is 1. The Morgan fingerprint density at radius 2 is 1.78 bits per heavy atom. The summed E-state index contributed by atoms with van der Waals surface area (Å²) in [5.41, 5.74) is 2.81. The number of thiazole rings is 1. The zero-order chi connectivity index (χ0) is 23.0. The highest BCUT2D eigenvalue weighted by Crippen LogP contribution is 2.16. The number of halogens is 1. The molecule has 0 spiro atoms. The lowest BCUT2D eigenvalue weighted by atomic mass is 10.1. The Kier molecular flexibility index (Phi) is 11.4. The van der Waals surface area contributed by atoms with Crippen molar-refractivity contribution in [3.05, 3.63) is 51.0 Å². The van der Waals surface area contributed by atoms with Crippen LogP contribution in [0.25, 0.3) is 0 Å². The largest absolute Gasteiger partial charge is 0.444 e. The first-order valence-electron chi connectivity index (χ1n) is 10.5. The van der Waals surface area contributed by atoms with Crippen LogP contribution < -0.4 is 10.6 Å². The second-order valence-corrected chi connectivity index (χ2v) is 9.79. The monoisotopic (exact) mass is 573 g/mol. The fourth-order valence-electron chi connectivity index (χ4n) is 2.78. The van der Waals surface area contributed by atoms with E-state index in [0.29, 0.717) is 13.1 Å². The van der Waals surface area contributed by atoms with Crippen molar-refractivity contribution in [2.24, 2.45) is 4.99 Å². The van der Waals surface area contributed by atoms with Crippen LogP contribution in [0.1, 0.15) is 47.5 Å². The first kappa shape index (κ1) is 28.2. The van der Waals surface area contributed by atoms with Crippen LogP contribution in [0, 0.1) is 13.8 Å². The van der Waals surface area contributed by atoms with Crippen LogP contribution in [0.3, 0.4) is 0 Å². The van der Waals surface area contributed by atoms with E-state index in [9.17, 15) is 4.79 Å². The van der Waals surface area contributed by atoms with Gasteiger partial charge in [-0.25, -0.2) is 9.78 Å². The van der Waals surface area contributed by atoms with E-state index in [1.54, 1.807) is 30.3 Å². The summed E-state index contributed by atoms with van der Waals surface area (Å²) in [5, 5.41) is 7.81. The number of hydrogen-bond donors (Lipinski definition) is 2. The molecular weight excluding hydrogens is 537 g/mol. The molecule has 9 heteroatoms. The molecule has 0 atom stereocenters. The van der Waals surface area contributed by atoms with Crippen LogP contribution in [0.5, 0.6) is 0 Å². The van der Waals surface area contributed by atoms with Crippen LogP contribution in [-0.4, -0.2) is 48.2 Å². The lowest BCUT2D eigenvalue weighted by Crippen LogP contribution is -2.37. The van der Waals surface area contributed by atoms with Gasteiger partial charge < -0.3 is 20.3 Å². The molecule has 2 aromatic rings. The molecule has 1 aromatic heterocycles. The van der Waals surface area contributed by atoms with Crippen LogP contribution >= 0.6 is 35.3 Å². The highest BCUT2D eigenvalue weighted by molar-refractivity contribution is 14.0. The zero-order valence-corrected chi connectivity index (χ0v) is 23.3. The molecule has 1 heterocycles. The van der Waals surface area contributed by atoms with E-state index in [1.807, 2.05) is 39.8 Å². The third-order valence-electron chi connectivity index (χ3n) is 4.54. The fourth-order valence-corrected chi connectivity index (χ4v) is 3.71. The van der Waals surface area contributed by atoms with Gasteiger partial charge in [-0.15, -0.1) is 35.3 Å². The summed E-state index contributed by atoms with van der Waals surface area (Å²) in [4.78, 5) is 23.8. The van der Waals surface area contributed by atoms with Crippen LogP contribution in [0.15, 0.2) is 29.3 Å². The molecule has 2 rings (SSSR count). The van der Waals surface area contributed by atoms with Gasteiger partial charge in [0.05, 0.1) is 10.7 Å². The van der Waals surface area contributed by atoms with E-state index in [4.69, 9.17) is 4.74 Å². The molecule has 1 amide bonds. The molecular formula is C23H36IN5O2S. The van der Waals surface area contributed by atoms with Crippen molar-refractivity contribution in [2.45, 2.75) is 59.7 Å². The molecule has 0 radical (unpaired) electrons. The summed E-state index contributed by atoms with van der Waals surface area (Å²) < 4.78 is 5.39. The lowest BCUT2D eigenvalue weighted by molar-refractivity contribution is 0.0285. The van der Waals surface area contributed by atoms with Crippen molar-refractivity contribution >= 4 is 47.4 Å². The molecule has 0 aliphatic heterocycles. The molecule has 0 saturated heterocycles. The number of carbonyl (C=O) groups is 1. The van der Waals surface area contributed by atoms with Crippen molar-refractivity contribution in [2.75, 3.05) is 20.6 Å². The number of aromatic nitrogens is 1. The van der Waals surface area contributed by atoms with Crippen LogP contribution in [-0.2, 0) is 24.2 Å². The predicted molar refractivity (Wildman–Crippen MR) is 143 cm³/mol. The number of nitrogens with one attached hydrogen (secondary N) is 2. The first-order valence-corrected chi connectivity index (χ1v) is 11.3. The fraction of sp³-hybridized carbons (Fsp3) is 0.522. The molecule has 0 bridgehead atoms. The molecule has 178 valence electrons. The number of aryl methyl sites for hydroxylation is 2. The highest BCUT2D eigenvalue weighted by Gasteiger charge is 2.19. The Bertz CT molecular complexity index is 871. The summed E-state index contributed by atoms with van der Waals surface area (Å²) >= 11 is 1.75. The SMILES string of the molecule is CN=C(NCCc1nc(C)c(C)s1)NCc1ccc(CN(C)C(=O)OC(C)(C)C)cc1.I. The Balaban J connectivity index is 0.00000512. The minimum atomic E-state index is -0.494. The topological polar surface area (TPSA) is 78.9 Å². The maximum atomic E-state index is 12.1. The molecule has 32 heavy (non-hydrogen) atoms. The maximum absolute atomic E-state index is 12.1. The summed E-state index contributed by atoms with van der Waals surface area (Å²) in [5.74, 6) is 0.763. The van der Waals surface area contributed by atoms with Gasteiger partial charge in [0.15, 0.2) is 5.96 Å². The third-order valence-corrected chi connectivity index (χ3v) is 5.67. The van der Waals surface area contributed by atoms with Crippen molar-refractivity contribution in [1.29, 1.82) is 0 Å². The standard InChI is InChI=1S/C23H35N5O2S.HI/c1-16-17(2)31-20(27-16)12-13-25-21(24-6)26-14-18-8-10-19(11-9-18)15-28(7)22(29)30-23(3,4)5;/h8-11H,12-15H2,1-7H3,(H2,24,25,26);1H. The number of ether oxygens (including phenoxy) is 1. The Labute approximate surface area is 213 Å². The minimum absolute atomic E-state index is 0. The van der Waals surface area contributed by atoms with E-state index < -0.39 is 5.60 Å². The van der Waals surface area contributed by atoms with Gasteiger partial charge in [-0.2, -0.15) is 0 Å². The smallest absolute Gasteiger partial charge is 0.410 e. The highest BCUT2D eigenvalue weighted by atomic mass is 127. The molecule has 2 N–H and O–H groups in total. The minimum Gasteiger partial charge on any atom is -0.444 e. The number of amides is 1. The second-order valence-electron chi connectivity index (χ2n) is 8.50. The van der Waals surface area contributed by atoms with E-state index in [-0.39, 0.29) is 30.1 Å². The quantitative estimate of drug-likeness (QED) is 0.287. The van der Waals surface area contributed by atoms with Gasteiger partial charge in [-0.05, 0) is 45.7 Å². The molecule has 0 aliphatic carbocycles. The third kappa shape index (κ3) is 9.72. The van der Waals surface area contributed by atoms with E-state index in [1.165, 1.54) is 4.88 Å². The molecule has 0 saturated carbocycles. The zero-order valence-electron chi connectivity index (χ0n) is 20.1. The van der Waals surface area contributed by atoms with Crippen LogP contribution in [0.4, 0.5) is 4.79 Å². The molecule has 0 unspecified atom stereocenters. The second kappa shape index (κ2) is 13.0. The number of rotatable bonds is 7. The van der Waals surface area contributed by atoms with Crippen LogP contribution in [0.2, 0.25) is 0 Å². The maximum Gasteiger partial charge on any atom is 0.410 e. The number of aliphatic imine (C=N–C) groups is 1. The summed E-state index contributed by atoms with van der Waals surface area (Å²) in [6, 6.07) is 8.17. The number of guanidine groups is 1. The van der Waals surface area contributed by atoms with Crippen molar-refractivity contribution < 1.29 is 9.53 Å². The van der Waals surface area contributed by atoms with Gasteiger partial charge in [0, 0.05) is 45.0 Å². The lowest BCUT2D eigenvalue weighted by Gasteiger charge is -2.24. The predicted octanol–water partition coefficient (Wildman–Crippen LogP) is 4.65. The number of benzene rings is 1. The summed E-state index contributed by atoms with van der Waals surface area (Å²) in [6.45, 7) is 11.7. The van der Waals surface area contributed by atoms with Crippen molar-refractivity contribution in [3.8, 4) is 0 Å². The Hall–Kier alpha value is -1.88. The van der Waals surface area contributed by atoms with Gasteiger partial charge in [-0.3, -0.25) is 4.99 Å². The van der Waals surface area contributed by atoms with E-state index in [0.717, 1.165) is 40.8 Å². The van der Waals surface area contributed by atoms with E-state index in [2.05, 4.69) is 39.7 Å². The summed E-state index contributed by atoms with van der Waals surface area (Å²) in [6.07, 6.45) is 0.552. The van der Waals surface area contributed by atoms with Crippen molar-refractivity contribution in [1.82, 2.24) is 20.5 Å². The van der Waals surface area contributed by atoms with Gasteiger partial charge in [0.1, 0.15) is 5.60 Å². The van der Waals surface area contributed by atoms with Gasteiger partial charge in [0.2, 0.25) is 0 Å². The number of nitrogens with zero attached hydrogens (tertiary/aromatic N) is 3. The molecule has 7 nitrogen and oxygen atoms in total. The van der Waals surface area contributed by atoms with Gasteiger partial charge in [0.25, 0.3) is 0 Å². The van der Waals surface area contributed by atoms with E-state index >= 15 is 0 Å².